The van der Waals surface area contributed by atoms with Gasteiger partial charge in [-0.1, -0.05) is 35.5 Å². The number of aryl methyl sites for hydroxylation is 1. The summed E-state index contributed by atoms with van der Waals surface area (Å²) in [6.45, 7) is 3.37. The predicted octanol–water partition coefficient (Wildman–Crippen LogP) is 3.74. The third-order valence-corrected chi connectivity index (χ3v) is 5.24. The van der Waals surface area contributed by atoms with Gasteiger partial charge in [-0.05, 0) is 25.5 Å². The Morgan fingerprint density at radius 1 is 1.25 bits per heavy atom. The number of hydrogen-bond donors (Lipinski definition) is 0. The highest BCUT2D eigenvalue weighted by atomic mass is 32.1. The Morgan fingerprint density at radius 3 is 2.83 bits per heavy atom. The van der Waals surface area contributed by atoms with Crippen LogP contribution in [0.1, 0.15) is 32.8 Å². The first-order valence-corrected chi connectivity index (χ1v) is 8.77. The van der Waals surface area contributed by atoms with Crippen molar-refractivity contribution in [1.29, 1.82) is 0 Å². The number of benzene rings is 1. The van der Waals surface area contributed by atoms with Crippen LogP contribution in [0.15, 0.2) is 47.0 Å². The maximum Gasteiger partial charge on any atom is 0.263 e. The molecular formula is C18H17N3O2S. The molecule has 0 radical (unpaired) electrons. The highest BCUT2D eigenvalue weighted by Crippen LogP contribution is 2.29. The fraction of sp³-hybridized carbons (Fsp3) is 0.278. The van der Waals surface area contributed by atoms with E-state index in [1.54, 1.807) is 0 Å². The van der Waals surface area contributed by atoms with Gasteiger partial charge in [0, 0.05) is 23.5 Å². The van der Waals surface area contributed by atoms with Gasteiger partial charge in [-0.25, -0.2) is 0 Å². The van der Waals surface area contributed by atoms with Crippen molar-refractivity contribution in [2.75, 3.05) is 13.1 Å². The van der Waals surface area contributed by atoms with Crippen LogP contribution in [0.4, 0.5) is 0 Å². The van der Waals surface area contributed by atoms with Crippen LogP contribution in [0.5, 0.6) is 0 Å². The lowest BCUT2D eigenvalue weighted by Gasteiger charge is -2.14. The number of aromatic nitrogens is 2. The summed E-state index contributed by atoms with van der Waals surface area (Å²) in [5.74, 6) is 1.43. The van der Waals surface area contributed by atoms with Crippen LogP contribution >= 0.6 is 11.3 Å². The van der Waals surface area contributed by atoms with E-state index in [2.05, 4.69) is 10.1 Å². The smallest absolute Gasteiger partial charge is 0.263 e. The summed E-state index contributed by atoms with van der Waals surface area (Å²) < 4.78 is 5.44. The molecular weight excluding hydrogens is 322 g/mol. The molecule has 1 aliphatic rings. The standard InChI is InChI=1S/C18H17N3O2S/c1-12-7-8-15(24-12)18(22)21-10-9-14(11-21)17-19-16(20-23-17)13-5-3-2-4-6-13/h2-8,14H,9-11H2,1H3/t14-/m0/s1. The van der Waals surface area contributed by atoms with Crippen LogP contribution in [0.3, 0.4) is 0 Å². The molecule has 6 heteroatoms. The van der Waals surface area contributed by atoms with Crippen LogP contribution < -0.4 is 0 Å². The summed E-state index contributed by atoms with van der Waals surface area (Å²) in [5.41, 5.74) is 0.937. The van der Waals surface area contributed by atoms with Crippen molar-refractivity contribution < 1.29 is 9.32 Å². The maximum atomic E-state index is 12.5. The molecule has 0 N–H and O–H groups in total. The highest BCUT2D eigenvalue weighted by Gasteiger charge is 2.32. The number of hydrogen-bond acceptors (Lipinski definition) is 5. The molecule has 0 unspecified atom stereocenters. The van der Waals surface area contributed by atoms with Crippen LogP contribution in [0.2, 0.25) is 0 Å². The molecule has 3 heterocycles. The summed E-state index contributed by atoms with van der Waals surface area (Å²) in [6, 6.07) is 13.6. The number of rotatable bonds is 3. The Kier molecular flexibility index (Phi) is 3.90. The topological polar surface area (TPSA) is 59.2 Å². The number of nitrogens with zero attached hydrogens (tertiary/aromatic N) is 3. The van der Waals surface area contributed by atoms with Crippen molar-refractivity contribution in [3.63, 3.8) is 0 Å². The van der Waals surface area contributed by atoms with E-state index in [1.807, 2.05) is 54.3 Å². The molecule has 24 heavy (non-hydrogen) atoms. The van der Waals surface area contributed by atoms with Crippen molar-refractivity contribution in [2.45, 2.75) is 19.3 Å². The molecule has 3 aromatic rings. The van der Waals surface area contributed by atoms with Crippen molar-refractivity contribution in [1.82, 2.24) is 15.0 Å². The Balaban J connectivity index is 1.47. The van der Waals surface area contributed by atoms with E-state index in [0.29, 0.717) is 18.3 Å². The van der Waals surface area contributed by atoms with E-state index >= 15 is 0 Å². The van der Waals surface area contributed by atoms with Crippen molar-refractivity contribution in [3.8, 4) is 11.4 Å². The number of amides is 1. The summed E-state index contributed by atoms with van der Waals surface area (Å²) in [6.07, 6.45) is 0.854. The average molecular weight is 339 g/mol. The molecule has 4 rings (SSSR count). The van der Waals surface area contributed by atoms with E-state index in [4.69, 9.17) is 4.52 Å². The third kappa shape index (κ3) is 2.85. The van der Waals surface area contributed by atoms with Gasteiger partial charge < -0.3 is 9.42 Å². The van der Waals surface area contributed by atoms with Gasteiger partial charge in [-0.2, -0.15) is 4.98 Å². The van der Waals surface area contributed by atoms with Crippen LogP contribution in [0.25, 0.3) is 11.4 Å². The molecule has 0 saturated carbocycles. The van der Waals surface area contributed by atoms with Gasteiger partial charge in [-0.3, -0.25) is 4.79 Å². The van der Waals surface area contributed by atoms with E-state index in [-0.39, 0.29) is 11.8 Å². The lowest BCUT2D eigenvalue weighted by atomic mass is 10.1. The molecule has 1 atom stereocenters. The molecule has 0 bridgehead atoms. The quantitative estimate of drug-likeness (QED) is 0.729. The minimum atomic E-state index is 0.0957. The zero-order valence-electron chi connectivity index (χ0n) is 13.3. The Hall–Kier alpha value is -2.47. The second-order valence-electron chi connectivity index (χ2n) is 5.97. The summed E-state index contributed by atoms with van der Waals surface area (Å²) >= 11 is 1.54. The molecule has 5 nitrogen and oxygen atoms in total. The molecule has 1 amide bonds. The summed E-state index contributed by atoms with van der Waals surface area (Å²) in [5, 5.41) is 4.07. The molecule has 1 saturated heterocycles. The predicted molar refractivity (Wildman–Crippen MR) is 92.1 cm³/mol. The minimum absolute atomic E-state index is 0.0957. The normalized spacial score (nSPS) is 17.4. The van der Waals surface area contributed by atoms with E-state index in [1.165, 1.54) is 11.3 Å². The van der Waals surface area contributed by atoms with Gasteiger partial charge in [0.05, 0.1) is 10.8 Å². The summed E-state index contributed by atoms with van der Waals surface area (Å²) in [4.78, 5) is 20.9. The van der Waals surface area contributed by atoms with Crippen LogP contribution in [-0.4, -0.2) is 34.0 Å². The van der Waals surface area contributed by atoms with Gasteiger partial charge in [0.2, 0.25) is 11.7 Å². The van der Waals surface area contributed by atoms with Crippen molar-refractivity contribution in [2.24, 2.45) is 0 Å². The monoisotopic (exact) mass is 339 g/mol. The minimum Gasteiger partial charge on any atom is -0.339 e. The molecule has 1 aromatic carbocycles. The van der Waals surface area contributed by atoms with Gasteiger partial charge in [0.15, 0.2) is 0 Å². The molecule has 0 aliphatic carbocycles. The van der Waals surface area contributed by atoms with E-state index in [0.717, 1.165) is 28.3 Å². The molecule has 122 valence electrons. The number of thiophene rings is 1. The first-order chi connectivity index (χ1) is 11.7. The number of carbonyl (C=O) groups excluding carboxylic acids is 1. The van der Waals surface area contributed by atoms with Gasteiger partial charge in [0.1, 0.15) is 0 Å². The van der Waals surface area contributed by atoms with Crippen molar-refractivity contribution in [3.05, 3.63) is 58.1 Å². The third-order valence-electron chi connectivity index (χ3n) is 4.25. The molecule has 0 spiro atoms. The van der Waals surface area contributed by atoms with Crippen LogP contribution in [-0.2, 0) is 0 Å². The largest absolute Gasteiger partial charge is 0.339 e. The molecule has 2 aromatic heterocycles. The lowest BCUT2D eigenvalue weighted by molar-refractivity contribution is 0.0794. The first-order valence-electron chi connectivity index (χ1n) is 7.95. The first kappa shape index (κ1) is 15.1. The highest BCUT2D eigenvalue weighted by molar-refractivity contribution is 7.13. The zero-order valence-corrected chi connectivity index (χ0v) is 14.1. The Morgan fingerprint density at radius 2 is 2.08 bits per heavy atom. The number of likely N-dealkylation sites (tertiary alicyclic amines) is 1. The molecule has 1 aliphatic heterocycles. The SMILES string of the molecule is Cc1ccc(C(=O)N2CC[C@H](c3nc(-c4ccccc4)no3)C2)s1. The molecule has 1 fully saturated rings. The fourth-order valence-electron chi connectivity index (χ4n) is 2.96. The fourth-order valence-corrected chi connectivity index (χ4v) is 3.79. The maximum absolute atomic E-state index is 12.5. The van der Waals surface area contributed by atoms with Gasteiger partial charge >= 0.3 is 0 Å². The second-order valence-corrected chi connectivity index (χ2v) is 7.26. The van der Waals surface area contributed by atoms with Gasteiger partial charge in [0.25, 0.3) is 5.91 Å². The van der Waals surface area contributed by atoms with Crippen molar-refractivity contribution >= 4 is 17.2 Å². The second kappa shape index (κ2) is 6.20. The van der Waals surface area contributed by atoms with E-state index in [9.17, 15) is 4.79 Å². The van der Waals surface area contributed by atoms with Gasteiger partial charge in [-0.15, -0.1) is 11.3 Å². The van der Waals surface area contributed by atoms with E-state index < -0.39 is 0 Å². The lowest BCUT2D eigenvalue weighted by Crippen LogP contribution is -2.27. The Bertz CT molecular complexity index is 856. The Labute approximate surface area is 143 Å². The average Bonchev–Trinajstić information content (AvgIpc) is 3.35. The zero-order chi connectivity index (χ0) is 16.5. The van der Waals surface area contributed by atoms with Crippen LogP contribution in [0, 0.1) is 6.92 Å². The summed E-state index contributed by atoms with van der Waals surface area (Å²) in [7, 11) is 0. The number of carbonyl (C=O) groups is 1.